The van der Waals surface area contributed by atoms with Crippen LogP contribution < -0.4 is 10.1 Å². The Morgan fingerprint density at radius 3 is 2.15 bits per heavy atom. The molecular formula is C19H21F3N2OS. The SMILES string of the molecule is CC(C)c1ccc(CN(C)C(=S)Nc2ccc(OC(F)(F)F)cc2)cc1. The molecule has 0 spiro atoms. The number of hydrogen-bond donors (Lipinski definition) is 1. The van der Waals surface area contributed by atoms with Crippen LogP contribution in [0.5, 0.6) is 5.75 Å². The minimum atomic E-state index is -4.70. The molecule has 0 heterocycles. The molecule has 0 radical (unpaired) electrons. The van der Waals surface area contributed by atoms with Crippen molar-refractivity contribution in [3.63, 3.8) is 0 Å². The number of nitrogens with zero attached hydrogens (tertiary/aromatic N) is 1. The maximum absolute atomic E-state index is 12.2. The van der Waals surface area contributed by atoms with Gasteiger partial charge in [0, 0.05) is 19.3 Å². The van der Waals surface area contributed by atoms with Crippen LogP contribution in [0.3, 0.4) is 0 Å². The summed E-state index contributed by atoms with van der Waals surface area (Å²) in [4.78, 5) is 1.86. The molecule has 0 aliphatic heterocycles. The zero-order valence-corrected chi connectivity index (χ0v) is 15.6. The summed E-state index contributed by atoms with van der Waals surface area (Å²) in [6.07, 6.45) is -4.70. The van der Waals surface area contributed by atoms with Crippen LogP contribution in [0.2, 0.25) is 0 Å². The lowest BCUT2D eigenvalue weighted by atomic mass is 10.0. The fourth-order valence-electron chi connectivity index (χ4n) is 2.31. The van der Waals surface area contributed by atoms with Crippen molar-refractivity contribution in [2.45, 2.75) is 32.7 Å². The van der Waals surface area contributed by atoms with E-state index in [1.807, 2.05) is 11.9 Å². The van der Waals surface area contributed by atoms with Gasteiger partial charge in [-0.1, -0.05) is 38.1 Å². The zero-order valence-electron chi connectivity index (χ0n) is 14.8. The summed E-state index contributed by atoms with van der Waals surface area (Å²) < 4.78 is 40.3. The molecule has 0 fully saturated rings. The van der Waals surface area contributed by atoms with Gasteiger partial charge in [-0.2, -0.15) is 0 Å². The number of thiocarbonyl (C=S) groups is 1. The van der Waals surface area contributed by atoms with Crippen molar-refractivity contribution < 1.29 is 17.9 Å². The summed E-state index contributed by atoms with van der Waals surface area (Å²) in [7, 11) is 1.85. The topological polar surface area (TPSA) is 24.5 Å². The second-order valence-electron chi connectivity index (χ2n) is 6.25. The highest BCUT2D eigenvalue weighted by molar-refractivity contribution is 7.80. The van der Waals surface area contributed by atoms with Crippen molar-refractivity contribution in [1.82, 2.24) is 4.90 Å². The highest BCUT2D eigenvalue weighted by atomic mass is 32.1. The van der Waals surface area contributed by atoms with E-state index in [-0.39, 0.29) is 5.75 Å². The van der Waals surface area contributed by atoms with Gasteiger partial charge in [0.15, 0.2) is 5.11 Å². The average Bonchev–Trinajstić information content (AvgIpc) is 2.55. The number of alkyl halides is 3. The highest BCUT2D eigenvalue weighted by Crippen LogP contribution is 2.24. The quantitative estimate of drug-likeness (QED) is 0.687. The third-order valence-corrected chi connectivity index (χ3v) is 4.17. The minimum absolute atomic E-state index is 0.271. The van der Waals surface area contributed by atoms with Crippen LogP contribution in [0.15, 0.2) is 48.5 Å². The van der Waals surface area contributed by atoms with E-state index in [1.54, 1.807) is 0 Å². The number of anilines is 1. The molecule has 0 aliphatic rings. The van der Waals surface area contributed by atoms with Gasteiger partial charge in [0.1, 0.15) is 5.75 Å². The first-order valence-corrected chi connectivity index (χ1v) is 8.51. The molecule has 2 aromatic rings. The molecule has 0 atom stereocenters. The third-order valence-electron chi connectivity index (χ3n) is 3.75. The molecule has 0 saturated carbocycles. The molecule has 1 N–H and O–H groups in total. The summed E-state index contributed by atoms with van der Waals surface area (Å²) in [6, 6.07) is 13.8. The number of benzene rings is 2. The lowest BCUT2D eigenvalue weighted by Gasteiger charge is -2.21. The van der Waals surface area contributed by atoms with Gasteiger partial charge in [-0.05, 0) is 53.5 Å². The Kier molecular flexibility index (Phi) is 6.47. The number of ether oxygens (including phenoxy) is 1. The van der Waals surface area contributed by atoms with E-state index in [0.29, 0.717) is 23.3 Å². The molecule has 0 aliphatic carbocycles. The molecule has 0 saturated heterocycles. The van der Waals surface area contributed by atoms with E-state index in [9.17, 15) is 13.2 Å². The summed E-state index contributed by atoms with van der Waals surface area (Å²) in [5, 5.41) is 3.48. The summed E-state index contributed by atoms with van der Waals surface area (Å²) >= 11 is 5.35. The first kappa shape index (κ1) is 20.0. The van der Waals surface area contributed by atoms with E-state index < -0.39 is 6.36 Å². The van der Waals surface area contributed by atoms with Gasteiger partial charge < -0.3 is 15.0 Å². The molecule has 7 heteroatoms. The van der Waals surface area contributed by atoms with Crippen molar-refractivity contribution >= 4 is 23.0 Å². The first-order valence-electron chi connectivity index (χ1n) is 8.11. The molecule has 3 nitrogen and oxygen atoms in total. The Morgan fingerprint density at radius 1 is 1.08 bits per heavy atom. The molecular weight excluding hydrogens is 361 g/mol. The molecule has 2 rings (SSSR count). The Labute approximate surface area is 156 Å². The molecule has 0 bridgehead atoms. The Morgan fingerprint density at radius 2 is 1.65 bits per heavy atom. The second kappa shape index (κ2) is 8.40. The maximum Gasteiger partial charge on any atom is 0.573 e. The molecule has 0 unspecified atom stereocenters. The predicted molar refractivity (Wildman–Crippen MR) is 101 cm³/mol. The first-order chi connectivity index (χ1) is 12.1. The normalized spacial score (nSPS) is 11.3. The van der Waals surface area contributed by atoms with Crippen molar-refractivity contribution in [2.24, 2.45) is 0 Å². The van der Waals surface area contributed by atoms with Gasteiger partial charge >= 0.3 is 6.36 Å². The zero-order chi connectivity index (χ0) is 19.3. The van der Waals surface area contributed by atoms with Crippen LogP contribution in [-0.4, -0.2) is 23.4 Å². The number of rotatable bonds is 5. The number of nitrogens with one attached hydrogen (secondary N) is 1. The van der Waals surface area contributed by atoms with Gasteiger partial charge in [-0.25, -0.2) is 0 Å². The number of hydrogen-bond acceptors (Lipinski definition) is 2. The molecule has 26 heavy (non-hydrogen) atoms. The van der Waals surface area contributed by atoms with Gasteiger partial charge in [0.2, 0.25) is 0 Å². The third kappa shape index (κ3) is 6.22. The van der Waals surface area contributed by atoms with Crippen molar-refractivity contribution in [3.05, 3.63) is 59.7 Å². The fourth-order valence-corrected chi connectivity index (χ4v) is 2.49. The predicted octanol–water partition coefficient (Wildman–Crippen LogP) is 5.54. The van der Waals surface area contributed by atoms with Crippen LogP contribution in [0, 0.1) is 0 Å². The van der Waals surface area contributed by atoms with Gasteiger partial charge in [-0.3, -0.25) is 0 Å². The molecule has 2 aromatic carbocycles. The van der Waals surface area contributed by atoms with E-state index in [1.165, 1.54) is 29.8 Å². The highest BCUT2D eigenvalue weighted by Gasteiger charge is 2.30. The molecule has 0 amide bonds. The second-order valence-corrected chi connectivity index (χ2v) is 6.64. The van der Waals surface area contributed by atoms with Crippen LogP contribution in [0.25, 0.3) is 0 Å². The standard InChI is InChI=1S/C19H21F3N2OS/c1-13(2)15-6-4-14(5-7-15)12-24(3)18(26)23-16-8-10-17(11-9-16)25-19(20,21)22/h4-11,13H,12H2,1-3H3,(H,23,26). The van der Waals surface area contributed by atoms with Crippen molar-refractivity contribution in [2.75, 3.05) is 12.4 Å². The Balaban J connectivity index is 1.92. The van der Waals surface area contributed by atoms with Crippen molar-refractivity contribution in [1.29, 1.82) is 0 Å². The van der Waals surface area contributed by atoms with Gasteiger partial charge in [0.05, 0.1) is 0 Å². The Hall–Kier alpha value is -2.28. The van der Waals surface area contributed by atoms with Gasteiger partial charge in [0.25, 0.3) is 0 Å². The van der Waals surface area contributed by atoms with E-state index >= 15 is 0 Å². The largest absolute Gasteiger partial charge is 0.573 e. The van der Waals surface area contributed by atoms with Crippen LogP contribution >= 0.6 is 12.2 Å². The minimum Gasteiger partial charge on any atom is -0.406 e. The summed E-state index contributed by atoms with van der Waals surface area (Å²) in [6.45, 7) is 4.91. The van der Waals surface area contributed by atoms with E-state index in [0.717, 1.165) is 5.56 Å². The number of halogens is 3. The monoisotopic (exact) mass is 382 g/mol. The summed E-state index contributed by atoms with van der Waals surface area (Å²) in [5.74, 6) is 0.210. The van der Waals surface area contributed by atoms with E-state index in [4.69, 9.17) is 12.2 Å². The van der Waals surface area contributed by atoms with Crippen molar-refractivity contribution in [3.8, 4) is 5.75 Å². The fraction of sp³-hybridized carbons (Fsp3) is 0.316. The molecule has 0 aromatic heterocycles. The van der Waals surface area contributed by atoms with Crippen LogP contribution in [0.4, 0.5) is 18.9 Å². The smallest absolute Gasteiger partial charge is 0.406 e. The van der Waals surface area contributed by atoms with Gasteiger partial charge in [-0.15, -0.1) is 13.2 Å². The molecule has 140 valence electrons. The van der Waals surface area contributed by atoms with E-state index in [2.05, 4.69) is 48.2 Å². The maximum atomic E-state index is 12.2. The Bertz CT molecular complexity index is 728. The average molecular weight is 382 g/mol. The lowest BCUT2D eigenvalue weighted by molar-refractivity contribution is -0.274. The van der Waals surface area contributed by atoms with Crippen LogP contribution in [0.1, 0.15) is 30.9 Å². The summed E-state index contributed by atoms with van der Waals surface area (Å²) in [5.41, 5.74) is 2.99. The lowest BCUT2D eigenvalue weighted by Crippen LogP contribution is -2.30. The van der Waals surface area contributed by atoms with Crippen LogP contribution in [-0.2, 0) is 6.54 Å².